The fourth-order valence-corrected chi connectivity index (χ4v) is 1.79. The van der Waals surface area contributed by atoms with E-state index >= 15 is 0 Å². The molecule has 1 fully saturated rings. The van der Waals surface area contributed by atoms with Crippen LogP contribution in [0.15, 0.2) is 24.3 Å². The number of carbonyl (C=O) groups excluding carboxylic acids is 1. The molecule has 0 aromatic heterocycles. The lowest BCUT2D eigenvalue weighted by molar-refractivity contribution is -0.119. The van der Waals surface area contributed by atoms with Gasteiger partial charge in [0.25, 0.3) is 0 Å². The molecular formula is C11H11FO. The molecular weight excluding hydrogens is 167 g/mol. The Labute approximate surface area is 76.6 Å². The maximum absolute atomic E-state index is 13.3. The number of ketones is 1. The van der Waals surface area contributed by atoms with Gasteiger partial charge in [0.2, 0.25) is 0 Å². The lowest BCUT2D eigenvalue weighted by atomic mass is 9.92. The van der Waals surface area contributed by atoms with Gasteiger partial charge >= 0.3 is 0 Å². The molecule has 0 amide bonds. The van der Waals surface area contributed by atoms with Crippen LogP contribution in [-0.2, 0) is 10.2 Å². The molecule has 1 nitrogen and oxygen atoms in total. The van der Waals surface area contributed by atoms with Crippen molar-refractivity contribution < 1.29 is 9.18 Å². The van der Waals surface area contributed by atoms with E-state index in [1.165, 1.54) is 6.07 Å². The van der Waals surface area contributed by atoms with Gasteiger partial charge in [0.05, 0.1) is 5.41 Å². The van der Waals surface area contributed by atoms with E-state index in [1.807, 2.05) is 0 Å². The lowest BCUT2D eigenvalue weighted by Crippen LogP contribution is -2.18. The third kappa shape index (κ3) is 1.17. The fourth-order valence-electron chi connectivity index (χ4n) is 1.79. The minimum atomic E-state index is -0.481. The van der Waals surface area contributed by atoms with E-state index < -0.39 is 5.41 Å². The Morgan fingerprint density at radius 3 is 2.46 bits per heavy atom. The number of carbonyl (C=O) groups is 1. The van der Waals surface area contributed by atoms with E-state index in [4.69, 9.17) is 0 Å². The van der Waals surface area contributed by atoms with Crippen LogP contribution in [0.3, 0.4) is 0 Å². The van der Waals surface area contributed by atoms with Crippen LogP contribution in [0.1, 0.15) is 25.3 Å². The zero-order chi connectivity index (χ0) is 9.47. The summed E-state index contributed by atoms with van der Waals surface area (Å²) in [6, 6.07) is 6.55. The van der Waals surface area contributed by atoms with Gasteiger partial charge in [0, 0.05) is 5.56 Å². The summed E-state index contributed by atoms with van der Waals surface area (Å²) < 4.78 is 13.3. The molecule has 0 spiro atoms. The van der Waals surface area contributed by atoms with Crippen molar-refractivity contribution in [2.24, 2.45) is 0 Å². The Morgan fingerprint density at radius 2 is 2.00 bits per heavy atom. The predicted molar refractivity (Wildman–Crippen MR) is 48.0 cm³/mol. The molecule has 0 heterocycles. The molecule has 0 atom stereocenters. The van der Waals surface area contributed by atoms with Crippen molar-refractivity contribution in [3.8, 4) is 0 Å². The average Bonchev–Trinajstić information content (AvgIpc) is 2.85. The number of hydrogen-bond acceptors (Lipinski definition) is 1. The fraction of sp³-hybridized carbons (Fsp3) is 0.364. The van der Waals surface area contributed by atoms with Gasteiger partial charge < -0.3 is 0 Å². The highest BCUT2D eigenvalue weighted by Gasteiger charge is 2.50. The van der Waals surface area contributed by atoms with Crippen LogP contribution in [0.2, 0.25) is 0 Å². The number of halogens is 1. The van der Waals surface area contributed by atoms with E-state index in [-0.39, 0.29) is 11.6 Å². The van der Waals surface area contributed by atoms with Crippen LogP contribution in [0, 0.1) is 5.82 Å². The molecule has 0 N–H and O–H groups in total. The molecule has 1 aliphatic rings. The summed E-state index contributed by atoms with van der Waals surface area (Å²) in [6.45, 7) is 1.54. The topological polar surface area (TPSA) is 17.1 Å². The Morgan fingerprint density at radius 1 is 1.38 bits per heavy atom. The zero-order valence-electron chi connectivity index (χ0n) is 7.51. The van der Waals surface area contributed by atoms with Gasteiger partial charge in [-0.3, -0.25) is 4.79 Å². The zero-order valence-corrected chi connectivity index (χ0v) is 7.51. The second-order valence-electron chi connectivity index (χ2n) is 3.62. The Balaban J connectivity index is 2.47. The molecule has 1 aliphatic carbocycles. The highest BCUT2D eigenvalue weighted by atomic mass is 19.1. The maximum Gasteiger partial charge on any atom is 0.140 e. The Bertz CT molecular complexity index is 353. The Hall–Kier alpha value is -1.18. The molecule has 2 heteroatoms. The summed E-state index contributed by atoms with van der Waals surface area (Å²) >= 11 is 0. The number of Topliss-reactive ketones (excluding diaryl/α,β-unsaturated/α-hetero) is 1. The normalized spacial score (nSPS) is 18.3. The van der Waals surface area contributed by atoms with Crippen LogP contribution in [0.25, 0.3) is 0 Å². The van der Waals surface area contributed by atoms with Crippen LogP contribution < -0.4 is 0 Å². The second kappa shape index (κ2) is 2.66. The van der Waals surface area contributed by atoms with Crippen molar-refractivity contribution >= 4 is 5.78 Å². The predicted octanol–water partition coefficient (Wildman–Crippen LogP) is 2.45. The standard InChI is InChI=1S/C11H11FO/c1-8(13)11(6-7-11)9-4-2-3-5-10(9)12/h2-5H,6-7H2,1H3. The van der Waals surface area contributed by atoms with Gasteiger partial charge in [-0.15, -0.1) is 0 Å². The van der Waals surface area contributed by atoms with Crippen molar-refractivity contribution in [1.29, 1.82) is 0 Å². The Kier molecular flexibility index (Phi) is 1.72. The molecule has 0 radical (unpaired) electrons. The monoisotopic (exact) mass is 178 g/mol. The van der Waals surface area contributed by atoms with E-state index in [0.29, 0.717) is 5.56 Å². The van der Waals surface area contributed by atoms with E-state index in [9.17, 15) is 9.18 Å². The molecule has 0 aliphatic heterocycles. The number of benzene rings is 1. The summed E-state index contributed by atoms with van der Waals surface area (Å²) in [7, 11) is 0. The third-order valence-electron chi connectivity index (χ3n) is 2.81. The van der Waals surface area contributed by atoms with Crippen molar-refractivity contribution in [3.63, 3.8) is 0 Å². The van der Waals surface area contributed by atoms with E-state index in [2.05, 4.69) is 0 Å². The molecule has 1 aromatic carbocycles. The highest BCUT2D eigenvalue weighted by molar-refractivity contribution is 5.91. The van der Waals surface area contributed by atoms with Gasteiger partial charge in [-0.1, -0.05) is 18.2 Å². The minimum absolute atomic E-state index is 0.0811. The SMILES string of the molecule is CC(=O)C1(c2ccccc2F)CC1. The van der Waals surface area contributed by atoms with Gasteiger partial charge in [-0.2, -0.15) is 0 Å². The van der Waals surface area contributed by atoms with Crippen LogP contribution in [0.5, 0.6) is 0 Å². The molecule has 0 bridgehead atoms. The molecule has 1 aromatic rings. The van der Waals surface area contributed by atoms with Gasteiger partial charge in [-0.05, 0) is 25.8 Å². The van der Waals surface area contributed by atoms with E-state index in [0.717, 1.165) is 12.8 Å². The summed E-state index contributed by atoms with van der Waals surface area (Å²) in [5.41, 5.74) is 0.0909. The molecule has 0 saturated heterocycles. The first-order chi connectivity index (χ1) is 6.17. The summed E-state index contributed by atoms with van der Waals surface area (Å²) in [5, 5.41) is 0. The molecule has 0 unspecified atom stereocenters. The minimum Gasteiger partial charge on any atom is -0.299 e. The third-order valence-corrected chi connectivity index (χ3v) is 2.81. The van der Waals surface area contributed by atoms with E-state index in [1.54, 1.807) is 25.1 Å². The highest BCUT2D eigenvalue weighted by Crippen LogP contribution is 2.49. The first-order valence-corrected chi connectivity index (χ1v) is 4.43. The van der Waals surface area contributed by atoms with Crippen LogP contribution >= 0.6 is 0 Å². The number of rotatable bonds is 2. The van der Waals surface area contributed by atoms with Gasteiger partial charge in [0.1, 0.15) is 11.6 Å². The van der Waals surface area contributed by atoms with Crippen molar-refractivity contribution in [3.05, 3.63) is 35.6 Å². The van der Waals surface area contributed by atoms with Crippen LogP contribution in [0.4, 0.5) is 4.39 Å². The first-order valence-electron chi connectivity index (χ1n) is 4.43. The van der Waals surface area contributed by atoms with Crippen LogP contribution in [-0.4, -0.2) is 5.78 Å². The van der Waals surface area contributed by atoms with Crippen molar-refractivity contribution in [2.75, 3.05) is 0 Å². The summed E-state index contributed by atoms with van der Waals surface area (Å²) in [4.78, 5) is 11.3. The lowest BCUT2D eigenvalue weighted by Gasteiger charge is -2.11. The average molecular weight is 178 g/mol. The van der Waals surface area contributed by atoms with Gasteiger partial charge in [0.15, 0.2) is 0 Å². The summed E-state index contributed by atoms with van der Waals surface area (Å²) in [6.07, 6.45) is 1.59. The second-order valence-corrected chi connectivity index (χ2v) is 3.62. The first kappa shape index (κ1) is 8.42. The van der Waals surface area contributed by atoms with Crippen molar-refractivity contribution in [2.45, 2.75) is 25.2 Å². The van der Waals surface area contributed by atoms with Crippen molar-refractivity contribution in [1.82, 2.24) is 0 Å². The molecule has 1 saturated carbocycles. The summed E-state index contributed by atoms with van der Waals surface area (Å²) in [5.74, 6) is -0.173. The largest absolute Gasteiger partial charge is 0.299 e. The smallest absolute Gasteiger partial charge is 0.140 e. The number of hydrogen-bond donors (Lipinski definition) is 0. The quantitative estimate of drug-likeness (QED) is 0.679. The molecule has 13 heavy (non-hydrogen) atoms. The maximum atomic E-state index is 13.3. The molecule has 2 rings (SSSR count). The molecule has 68 valence electrons. The van der Waals surface area contributed by atoms with Gasteiger partial charge in [-0.25, -0.2) is 4.39 Å².